The maximum absolute atomic E-state index is 12.3. The van der Waals surface area contributed by atoms with Crippen LogP contribution in [0.2, 0.25) is 5.02 Å². The Bertz CT molecular complexity index is 688. The fraction of sp³-hybridized carbons (Fsp3) is 0.188. The maximum atomic E-state index is 12.3. The molecule has 2 aromatic rings. The second-order valence-corrected chi connectivity index (χ2v) is 5.55. The molecule has 0 aliphatic carbocycles. The number of aromatic nitrogens is 1. The third-order valence-corrected chi connectivity index (χ3v) is 3.82. The Morgan fingerprint density at radius 1 is 1.27 bits per heavy atom. The Morgan fingerprint density at radius 2 is 2.05 bits per heavy atom. The summed E-state index contributed by atoms with van der Waals surface area (Å²) < 4.78 is 0. The third kappa shape index (κ3) is 3.09. The molecule has 1 aliphatic heterocycles. The van der Waals surface area contributed by atoms with Gasteiger partial charge in [0.1, 0.15) is 0 Å². The van der Waals surface area contributed by atoms with E-state index < -0.39 is 0 Å². The van der Waals surface area contributed by atoms with E-state index >= 15 is 0 Å². The highest BCUT2D eigenvalue weighted by Crippen LogP contribution is 2.27. The van der Waals surface area contributed by atoms with Gasteiger partial charge in [-0.3, -0.25) is 14.6 Å². The summed E-state index contributed by atoms with van der Waals surface area (Å²) in [6.07, 6.45) is 3.41. The van der Waals surface area contributed by atoms with Gasteiger partial charge in [0, 0.05) is 29.9 Å². The average Bonchev–Trinajstić information content (AvgIpc) is 2.91. The van der Waals surface area contributed by atoms with Crippen molar-refractivity contribution in [2.75, 3.05) is 16.8 Å². The number of rotatable bonds is 3. The Morgan fingerprint density at radius 3 is 2.73 bits per heavy atom. The van der Waals surface area contributed by atoms with Gasteiger partial charge < -0.3 is 10.2 Å². The molecule has 0 unspecified atom stereocenters. The minimum absolute atomic E-state index is 0.0614. The molecule has 0 saturated carbocycles. The number of nitrogens with one attached hydrogen (secondary N) is 1. The number of carbonyl (C=O) groups excluding carboxylic acids is 2. The van der Waals surface area contributed by atoms with Crippen molar-refractivity contribution in [1.29, 1.82) is 0 Å². The van der Waals surface area contributed by atoms with Crippen LogP contribution in [0.5, 0.6) is 0 Å². The van der Waals surface area contributed by atoms with Gasteiger partial charge in [0.05, 0.1) is 17.8 Å². The largest absolute Gasteiger partial charge is 0.324 e. The molecule has 1 N–H and O–H groups in total. The van der Waals surface area contributed by atoms with Gasteiger partial charge in [-0.15, -0.1) is 0 Å². The van der Waals surface area contributed by atoms with E-state index in [0.717, 1.165) is 5.69 Å². The van der Waals surface area contributed by atoms with E-state index in [-0.39, 0.29) is 24.2 Å². The third-order valence-electron chi connectivity index (χ3n) is 3.56. The van der Waals surface area contributed by atoms with E-state index in [2.05, 4.69) is 10.3 Å². The lowest BCUT2D eigenvalue weighted by molar-refractivity contribution is -0.122. The van der Waals surface area contributed by atoms with Gasteiger partial charge in [0.25, 0.3) is 0 Å². The predicted octanol–water partition coefficient (Wildman–Crippen LogP) is 2.73. The van der Waals surface area contributed by atoms with Crippen LogP contribution >= 0.6 is 11.6 Å². The van der Waals surface area contributed by atoms with Gasteiger partial charge in [-0.2, -0.15) is 0 Å². The fourth-order valence-electron chi connectivity index (χ4n) is 2.43. The van der Waals surface area contributed by atoms with Crippen LogP contribution in [-0.2, 0) is 9.59 Å². The highest BCUT2D eigenvalue weighted by atomic mass is 35.5. The molecule has 1 atom stereocenters. The van der Waals surface area contributed by atoms with E-state index in [1.54, 1.807) is 53.7 Å². The molecule has 1 aromatic carbocycles. The summed E-state index contributed by atoms with van der Waals surface area (Å²) in [5.74, 6) is -0.602. The van der Waals surface area contributed by atoms with Gasteiger partial charge in [-0.1, -0.05) is 11.6 Å². The van der Waals surface area contributed by atoms with Crippen LogP contribution in [0.25, 0.3) is 0 Å². The SMILES string of the molecule is O=C(Nc1cccnc1)[C@@H]1CC(=O)N(c2ccc(Cl)cc2)C1. The Kier molecular flexibility index (Phi) is 4.06. The van der Waals surface area contributed by atoms with Crippen molar-refractivity contribution in [3.8, 4) is 0 Å². The topological polar surface area (TPSA) is 62.3 Å². The molecule has 0 radical (unpaired) electrons. The standard InChI is InChI=1S/C16H14ClN3O2/c17-12-3-5-14(6-4-12)20-10-11(8-15(20)21)16(22)19-13-2-1-7-18-9-13/h1-7,9,11H,8,10H2,(H,19,22)/t11-/m1/s1. The van der Waals surface area contributed by atoms with E-state index in [0.29, 0.717) is 17.3 Å². The van der Waals surface area contributed by atoms with Crippen LogP contribution < -0.4 is 10.2 Å². The first kappa shape index (κ1) is 14.5. The summed E-state index contributed by atoms with van der Waals surface area (Å²) in [7, 11) is 0. The number of halogens is 1. The van der Waals surface area contributed by atoms with Crippen LogP contribution in [0.15, 0.2) is 48.8 Å². The number of pyridine rings is 1. The number of hydrogen-bond acceptors (Lipinski definition) is 3. The van der Waals surface area contributed by atoms with E-state index in [1.807, 2.05) is 0 Å². The maximum Gasteiger partial charge on any atom is 0.229 e. The molecule has 0 bridgehead atoms. The molecular formula is C16H14ClN3O2. The lowest BCUT2D eigenvalue weighted by Gasteiger charge is -2.16. The van der Waals surface area contributed by atoms with Crippen LogP contribution in [0.4, 0.5) is 11.4 Å². The van der Waals surface area contributed by atoms with Gasteiger partial charge in [0.15, 0.2) is 0 Å². The minimum atomic E-state index is -0.372. The van der Waals surface area contributed by atoms with Crippen molar-refractivity contribution < 1.29 is 9.59 Å². The quantitative estimate of drug-likeness (QED) is 0.947. The second-order valence-electron chi connectivity index (χ2n) is 5.11. The number of nitrogens with zero attached hydrogens (tertiary/aromatic N) is 2. The van der Waals surface area contributed by atoms with Gasteiger partial charge >= 0.3 is 0 Å². The molecular weight excluding hydrogens is 302 g/mol. The van der Waals surface area contributed by atoms with Crippen LogP contribution in [0, 0.1) is 5.92 Å². The van der Waals surface area contributed by atoms with Crippen LogP contribution in [0.3, 0.4) is 0 Å². The highest BCUT2D eigenvalue weighted by molar-refractivity contribution is 6.30. The van der Waals surface area contributed by atoms with Gasteiger partial charge in [0.2, 0.25) is 11.8 Å². The summed E-state index contributed by atoms with van der Waals surface area (Å²) in [5, 5.41) is 3.40. The van der Waals surface area contributed by atoms with E-state index in [9.17, 15) is 9.59 Å². The highest BCUT2D eigenvalue weighted by Gasteiger charge is 2.35. The summed E-state index contributed by atoms with van der Waals surface area (Å²) in [6.45, 7) is 0.368. The lowest BCUT2D eigenvalue weighted by atomic mass is 10.1. The van der Waals surface area contributed by atoms with E-state index in [1.165, 1.54) is 0 Å². The van der Waals surface area contributed by atoms with Crippen molar-refractivity contribution >= 4 is 34.8 Å². The van der Waals surface area contributed by atoms with Crippen LogP contribution in [-0.4, -0.2) is 23.3 Å². The average molecular weight is 316 g/mol. The van der Waals surface area contributed by atoms with E-state index in [4.69, 9.17) is 11.6 Å². The molecule has 6 heteroatoms. The Hall–Kier alpha value is -2.40. The number of amides is 2. The molecule has 5 nitrogen and oxygen atoms in total. The first-order chi connectivity index (χ1) is 10.6. The minimum Gasteiger partial charge on any atom is -0.324 e. The number of benzene rings is 1. The predicted molar refractivity (Wildman–Crippen MR) is 84.8 cm³/mol. The van der Waals surface area contributed by atoms with Crippen molar-refractivity contribution in [1.82, 2.24) is 4.98 Å². The summed E-state index contributed by atoms with van der Waals surface area (Å²) in [4.78, 5) is 29.9. The fourth-order valence-corrected chi connectivity index (χ4v) is 2.56. The van der Waals surface area contributed by atoms with Crippen molar-refractivity contribution in [3.05, 3.63) is 53.8 Å². The van der Waals surface area contributed by atoms with Gasteiger partial charge in [-0.25, -0.2) is 0 Å². The lowest BCUT2D eigenvalue weighted by Crippen LogP contribution is -2.28. The monoisotopic (exact) mass is 315 g/mol. The molecule has 112 valence electrons. The smallest absolute Gasteiger partial charge is 0.229 e. The number of hydrogen-bond donors (Lipinski definition) is 1. The first-order valence-electron chi connectivity index (χ1n) is 6.90. The molecule has 3 rings (SSSR count). The van der Waals surface area contributed by atoms with Gasteiger partial charge in [-0.05, 0) is 36.4 Å². The first-order valence-corrected chi connectivity index (χ1v) is 7.28. The number of carbonyl (C=O) groups is 2. The molecule has 2 heterocycles. The van der Waals surface area contributed by atoms with Crippen molar-refractivity contribution in [2.24, 2.45) is 5.92 Å². The molecule has 1 fully saturated rings. The Balaban J connectivity index is 1.69. The second kappa shape index (κ2) is 6.15. The zero-order valence-corrected chi connectivity index (χ0v) is 12.5. The molecule has 0 spiro atoms. The van der Waals surface area contributed by atoms with Crippen molar-refractivity contribution in [3.63, 3.8) is 0 Å². The summed E-state index contributed by atoms with van der Waals surface area (Å²) in [5.41, 5.74) is 1.39. The normalized spacial score (nSPS) is 17.6. The van der Waals surface area contributed by atoms with Crippen molar-refractivity contribution in [2.45, 2.75) is 6.42 Å². The summed E-state index contributed by atoms with van der Waals surface area (Å²) >= 11 is 5.85. The van der Waals surface area contributed by atoms with Crippen LogP contribution in [0.1, 0.15) is 6.42 Å². The molecule has 1 saturated heterocycles. The molecule has 2 amide bonds. The Labute approximate surface area is 132 Å². The zero-order chi connectivity index (χ0) is 15.5. The summed E-state index contributed by atoms with van der Waals surface area (Å²) in [6, 6.07) is 10.5. The molecule has 1 aliphatic rings. The molecule has 1 aromatic heterocycles. The number of anilines is 2. The molecule has 22 heavy (non-hydrogen) atoms. The zero-order valence-electron chi connectivity index (χ0n) is 11.7.